The molecule has 2 amide bonds. The van der Waals surface area contributed by atoms with Gasteiger partial charge in [0.15, 0.2) is 0 Å². The van der Waals surface area contributed by atoms with Crippen LogP contribution in [-0.2, 0) is 22.7 Å². The third-order valence-corrected chi connectivity index (χ3v) is 5.31. The normalized spacial score (nSPS) is 12.4. The lowest BCUT2D eigenvalue weighted by atomic mass is 9.97. The fourth-order valence-corrected chi connectivity index (χ4v) is 3.71. The van der Waals surface area contributed by atoms with Gasteiger partial charge >= 0.3 is 0 Å². The summed E-state index contributed by atoms with van der Waals surface area (Å²) in [5, 5.41) is 30.2. The van der Waals surface area contributed by atoms with Gasteiger partial charge in [-0.2, -0.15) is 0 Å². The Morgan fingerprint density at radius 3 is 2.36 bits per heavy atom. The maximum Gasteiger partial charge on any atom is 0.255 e. The van der Waals surface area contributed by atoms with E-state index in [9.17, 15) is 14.7 Å². The summed E-state index contributed by atoms with van der Waals surface area (Å²) in [5.41, 5.74) is 4.26. The lowest BCUT2D eigenvalue weighted by Gasteiger charge is -2.25. The zero-order valence-corrected chi connectivity index (χ0v) is 20.7. The Labute approximate surface area is 209 Å². The quantitative estimate of drug-likeness (QED) is 0.355. The van der Waals surface area contributed by atoms with Crippen molar-refractivity contribution in [2.75, 3.05) is 26.1 Å². The molecule has 11 nitrogen and oxygen atoms in total. The first-order valence-electron chi connectivity index (χ1n) is 11.2. The smallest absolute Gasteiger partial charge is 0.255 e. The number of carbonyl (C=O) groups is 3. The number of benzene rings is 2. The fraction of sp³-hybridized carbons (Fsp3) is 0.320. The molecule has 0 bridgehead atoms. The molecule has 0 saturated heterocycles. The molecule has 0 radical (unpaired) electrons. The highest BCUT2D eigenvalue weighted by molar-refractivity contribution is 6.03. The Kier molecular flexibility index (Phi) is 10.7. The molecule has 2 heterocycles. The van der Waals surface area contributed by atoms with Crippen LogP contribution in [0.15, 0.2) is 46.9 Å². The second kappa shape index (κ2) is 13.7. The van der Waals surface area contributed by atoms with Crippen LogP contribution < -0.4 is 10.6 Å². The molecule has 192 valence electrons. The number of nitrogens with one attached hydrogen (secondary N) is 2. The summed E-state index contributed by atoms with van der Waals surface area (Å²) in [5.74, 6) is -0.125. The minimum atomic E-state index is -1.02. The number of fused-ring (bicyclic) bond motifs is 1. The van der Waals surface area contributed by atoms with E-state index in [0.717, 1.165) is 35.8 Å². The van der Waals surface area contributed by atoms with Gasteiger partial charge in [0.05, 0.1) is 13.2 Å². The number of hydrogen-bond donors (Lipinski definition) is 4. The molecule has 1 atom stereocenters. The molecular formula is C25H31N5O6. The van der Waals surface area contributed by atoms with E-state index < -0.39 is 18.6 Å². The highest BCUT2D eigenvalue weighted by atomic mass is 16.4. The number of hydrogen-bond acceptors (Lipinski definition) is 9. The lowest BCUT2D eigenvalue weighted by molar-refractivity contribution is -0.127. The zero-order chi connectivity index (χ0) is 26.7. The van der Waals surface area contributed by atoms with Crippen molar-refractivity contribution in [3.05, 3.63) is 65.4 Å². The number of aliphatic hydroxyl groups is 2. The van der Waals surface area contributed by atoms with Gasteiger partial charge in [-0.1, -0.05) is 24.3 Å². The summed E-state index contributed by atoms with van der Waals surface area (Å²) < 4.78 is 5.24. The molecule has 4 N–H and O–H groups in total. The molecule has 0 aliphatic carbocycles. The number of aldehydes is 1. The Morgan fingerprint density at radius 1 is 1.17 bits per heavy atom. The van der Waals surface area contributed by atoms with Crippen molar-refractivity contribution in [1.29, 1.82) is 0 Å². The van der Waals surface area contributed by atoms with Crippen LogP contribution in [0.3, 0.4) is 0 Å². The van der Waals surface area contributed by atoms with Crippen molar-refractivity contribution in [3.63, 3.8) is 0 Å². The van der Waals surface area contributed by atoms with Gasteiger partial charge in [-0.3, -0.25) is 9.59 Å². The van der Waals surface area contributed by atoms with Crippen LogP contribution in [0.4, 0.5) is 5.69 Å². The Morgan fingerprint density at radius 2 is 1.81 bits per heavy atom. The van der Waals surface area contributed by atoms with E-state index in [2.05, 4.69) is 20.8 Å². The van der Waals surface area contributed by atoms with E-state index in [1.54, 1.807) is 13.0 Å². The second-order valence-electron chi connectivity index (χ2n) is 7.46. The van der Waals surface area contributed by atoms with Crippen molar-refractivity contribution in [2.24, 2.45) is 0 Å². The number of aryl methyl sites for hydroxylation is 1. The monoisotopic (exact) mass is 497 g/mol. The molecule has 3 aromatic rings. The maximum atomic E-state index is 13.0. The molecular weight excluding hydrogens is 466 g/mol. The van der Waals surface area contributed by atoms with E-state index in [-0.39, 0.29) is 24.9 Å². The molecule has 1 aromatic heterocycles. The van der Waals surface area contributed by atoms with E-state index in [4.69, 9.17) is 14.3 Å². The van der Waals surface area contributed by atoms with Crippen LogP contribution >= 0.6 is 0 Å². The first-order chi connectivity index (χ1) is 17.4. The average Bonchev–Trinajstić information content (AvgIpc) is 3.47. The maximum absolute atomic E-state index is 13.0. The zero-order valence-electron chi connectivity index (χ0n) is 20.7. The summed E-state index contributed by atoms with van der Waals surface area (Å²) >= 11 is 0. The SMILES string of the molecule is CC=O.CNc1ccc(-c2cccc3c2CN(C(CO)C(=O)NCc2nnc(C)o2)C3=O)cc1.CO. The number of aliphatic hydroxyl groups excluding tert-OH is 2. The van der Waals surface area contributed by atoms with Crippen LogP contribution in [0.1, 0.15) is 34.6 Å². The van der Waals surface area contributed by atoms with Gasteiger partial charge in [0.2, 0.25) is 17.7 Å². The Balaban J connectivity index is 0.000000850. The molecule has 1 unspecified atom stereocenters. The number of aromatic nitrogens is 2. The number of anilines is 1. The standard InChI is InChI=1S/C22H23N5O4.C2H4O.CH4O/c1-13-25-26-20(31-13)10-24-21(29)19(12-28)27-11-18-16(4-3-5-17(18)22(27)30)14-6-8-15(23-2)9-7-14;1-2-3;1-2/h3-9,19,23,28H,10-12H2,1-2H3,(H,24,29);2H,1H3;2H,1H3. The van der Waals surface area contributed by atoms with Crippen molar-refractivity contribution in [2.45, 2.75) is 33.0 Å². The van der Waals surface area contributed by atoms with Gasteiger partial charge in [0.25, 0.3) is 5.91 Å². The fourth-order valence-electron chi connectivity index (χ4n) is 3.71. The van der Waals surface area contributed by atoms with E-state index in [1.165, 1.54) is 11.8 Å². The Hall–Kier alpha value is -4.09. The third kappa shape index (κ3) is 6.52. The summed E-state index contributed by atoms with van der Waals surface area (Å²) in [6.07, 6.45) is 0.750. The van der Waals surface area contributed by atoms with Gasteiger partial charge in [-0.15, -0.1) is 10.2 Å². The molecule has 2 aromatic carbocycles. The van der Waals surface area contributed by atoms with Gasteiger partial charge in [0, 0.05) is 38.9 Å². The minimum Gasteiger partial charge on any atom is -0.424 e. The highest BCUT2D eigenvalue weighted by Gasteiger charge is 2.37. The highest BCUT2D eigenvalue weighted by Crippen LogP contribution is 2.34. The van der Waals surface area contributed by atoms with E-state index in [1.807, 2.05) is 43.4 Å². The van der Waals surface area contributed by atoms with E-state index >= 15 is 0 Å². The number of carbonyl (C=O) groups excluding carboxylic acids is 3. The predicted molar refractivity (Wildman–Crippen MR) is 133 cm³/mol. The van der Waals surface area contributed by atoms with Gasteiger partial charge in [-0.25, -0.2) is 0 Å². The van der Waals surface area contributed by atoms with Crippen molar-refractivity contribution in [3.8, 4) is 11.1 Å². The Bertz CT molecular complexity index is 1160. The second-order valence-corrected chi connectivity index (χ2v) is 7.46. The summed E-state index contributed by atoms with van der Waals surface area (Å²) in [4.78, 5) is 35.9. The van der Waals surface area contributed by atoms with Crippen molar-refractivity contribution in [1.82, 2.24) is 20.4 Å². The van der Waals surface area contributed by atoms with E-state index in [0.29, 0.717) is 11.5 Å². The van der Waals surface area contributed by atoms with Crippen LogP contribution in [0.25, 0.3) is 11.1 Å². The van der Waals surface area contributed by atoms with Gasteiger partial charge < -0.3 is 35.0 Å². The molecule has 0 fully saturated rings. The minimum absolute atomic E-state index is 0.0220. The van der Waals surface area contributed by atoms with Crippen LogP contribution in [0.5, 0.6) is 0 Å². The van der Waals surface area contributed by atoms with Crippen molar-refractivity contribution >= 4 is 23.8 Å². The summed E-state index contributed by atoms with van der Waals surface area (Å²) in [6.45, 7) is 2.85. The largest absolute Gasteiger partial charge is 0.424 e. The van der Waals surface area contributed by atoms with Crippen LogP contribution in [-0.4, -0.2) is 70.2 Å². The number of amides is 2. The molecule has 11 heteroatoms. The molecule has 1 aliphatic rings. The molecule has 0 saturated carbocycles. The van der Waals surface area contributed by atoms with Crippen molar-refractivity contribution < 1.29 is 29.0 Å². The topological polar surface area (TPSA) is 158 Å². The first kappa shape index (κ1) is 28.1. The van der Waals surface area contributed by atoms with Gasteiger partial charge in [-0.05, 0) is 41.8 Å². The number of rotatable bonds is 7. The van der Waals surface area contributed by atoms with Crippen LogP contribution in [0.2, 0.25) is 0 Å². The number of nitrogens with zero attached hydrogens (tertiary/aromatic N) is 3. The van der Waals surface area contributed by atoms with Crippen LogP contribution in [0, 0.1) is 6.92 Å². The average molecular weight is 498 g/mol. The molecule has 1 aliphatic heterocycles. The predicted octanol–water partition coefficient (Wildman–Crippen LogP) is 1.53. The molecule has 0 spiro atoms. The third-order valence-electron chi connectivity index (χ3n) is 5.31. The molecule has 36 heavy (non-hydrogen) atoms. The summed E-state index contributed by atoms with van der Waals surface area (Å²) in [6, 6.07) is 12.4. The first-order valence-corrected chi connectivity index (χ1v) is 11.2. The lowest BCUT2D eigenvalue weighted by Crippen LogP contribution is -2.49. The van der Waals surface area contributed by atoms with Gasteiger partial charge in [0.1, 0.15) is 12.3 Å². The summed E-state index contributed by atoms with van der Waals surface area (Å²) in [7, 11) is 2.85. The molecule has 4 rings (SSSR count).